The summed E-state index contributed by atoms with van der Waals surface area (Å²) in [5, 5.41) is 8.47. The molecule has 2 aromatic rings. The lowest BCUT2D eigenvalue weighted by Gasteiger charge is -2.32. The van der Waals surface area contributed by atoms with Gasteiger partial charge in [0.2, 0.25) is 5.88 Å². The Morgan fingerprint density at radius 3 is 2.95 bits per heavy atom. The third-order valence-electron chi connectivity index (χ3n) is 4.07. The summed E-state index contributed by atoms with van der Waals surface area (Å²) in [6, 6.07) is 0.170. The van der Waals surface area contributed by atoms with Crippen LogP contribution in [0.4, 0.5) is 0 Å². The van der Waals surface area contributed by atoms with Crippen molar-refractivity contribution in [3.8, 4) is 5.88 Å². The number of amides is 1. The molecule has 3 rings (SSSR count). The molecule has 0 aliphatic carbocycles. The minimum Gasteiger partial charge on any atom is -0.481 e. The SMILES string of the molecule is COc1c(C(=O)N2CCC[C@H](n3cncn3)C2)c(C)nn1C. The second kappa shape index (κ2) is 5.78. The summed E-state index contributed by atoms with van der Waals surface area (Å²) in [6.45, 7) is 3.19. The van der Waals surface area contributed by atoms with Gasteiger partial charge in [-0.2, -0.15) is 10.2 Å². The predicted octanol–water partition coefficient (Wildman–Crippen LogP) is 0.806. The van der Waals surface area contributed by atoms with Crippen molar-refractivity contribution in [2.45, 2.75) is 25.8 Å². The summed E-state index contributed by atoms with van der Waals surface area (Å²) in [4.78, 5) is 18.7. The minimum absolute atomic E-state index is 0.0349. The van der Waals surface area contributed by atoms with E-state index in [1.165, 1.54) is 6.33 Å². The number of piperidine rings is 1. The highest BCUT2D eigenvalue weighted by Gasteiger charge is 2.30. The second-order valence-corrected chi connectivity index (χ2v) is 5.52. The zero-order chi connectivity index (χ0) is 15.7. The average molecular weight is 304 g/mol. The van der Waals surface area contributed by atoms with Gasteiger partial charge in [0.1, 0.15) is 18.2 Å². The van der Waals surface area contributed by atoms with Crippen LogP contribution in [0.1, 0.15) is 34.9 Å². The normalized spacial score (nSPS) is 18.5. The Bertz CT molecular complexity index is 663. The van der Waals surface area contributed by atoms with E-state index < -0.39 is 0 Å². The van der Waals surface area contributed by atoms with Crippen molar-refractivity contribution in [1.29, 1.82) is 0 Å². The Balaban J connectivity index is 1.83. The van der Waals surface area contributed by atoms with Gasteiger partial charge >= 0.3 is 0 Å². The van der Waals surface area contributed by atoms with Crippen molar-refractivity contribution in [3.05, 3.63) is 23.9 Å². The largest absolute Gasteiger partial charge is 0.481 e. The molecule has 0 aromatic carbocycles. The first-order valence-corrected chi connectivity index (χ1v) is 7.32. The van der Waals surface area contributed by atoms with E-state index in [0.717, 1.165) is 19.4 Å². The van der Waals surface area contributed by atoms with Gasteiger partial charge in [0.05, 0.1) is 18.8 Å². The predicted molar refractivity (Wildman–Crippen MR) is 78.7 cm³/mol. The van der Waals surface area contributed by atoms with Gasteiger partial charge in [-0.1, -0.05) is 0 Å². The Labute approximate surface area is 128 Å². The van der Waals surface area contributed by atoms with E-state index >= 15 is 0 Å². The molecule has 1 amide bonds. The number of likely N-dealkylation sites (tertiary alicyclic amines) is 1. The first-order chi connectivity index (χ1) is 10.6. The van der Waals surface area contributed by atoms with Crippen LogP contribution in [0.5, 0.6) is 5.88 Å². The quantitative estimate of drug-likeness (QED) is 0.838. The highest BCUT2D eigenvalue weighted by atomic mass is 16.5. The molecule has 118 valence electrons. The number of methoxy groups -OCH3 is 1. The number of ether oxygens (including phenoxy) is 1. The van der Waals surface area contributed by atoms with E-state index in [1.807, 2.05) is 16.5 Å². The summed E-state index contributed by atoms with van der Waals surface area (Å²) < 4.78 is 8.76. The molecule has 1 fully saturated rings. The van der Waals surface area contributed by atoms with Crippen LogP contribution in [0.15, 0.2) is 12.7 Å². The molecule has 1 atom stereocenters. The maximum Gasteiger partial charge on any atom is 0.261 e. The second-order valence-electron chi connectivity index (χ2n) is 5.52. The van der Waals surface area contributed by atoms with E-state index in [0.29, 0.717) is 23.7 Å². The molecule has 0 unspecified atom stereocenters. The van der Waals surface area contributed by atoms with Gasteiger partial charge in [-0.15, -0.1) is 0 Å². The number of aromatic nitrogens is 5. The van der Waals surface area contributed by atoms with Crippen molar-refractivity contribution in [3.63, 3.8) is 0 Å². The van der Waals surface area contributed by atoms with Crippen molar-refractivity contribution >= 4 is 5.91 Å². The van der Waals surface area contributed by atoms with Gasteiger partial charge < -0.3 is 9.64 Å². The molecule has 0 radical (unpaired) electrons. The van der Waals surface area contributed by atoms with Gasteiger partial charge in [0.25, 0.3) is 5.91 Å². The Morgan fingerprint density at radius 1 is 1.45 bits per heavy atom. The van der Waals surface area contributed by atoms with Crippen LogP contribution < -0.4 is 4.74 Å². The lowest BCUT2D eigenvalue weighted by atomic mass is 10.0. The van der Waals surface area contributed by atoms with Crippen molar-refractivity contribution in [2.75, 3.05) is 20.2 Å². The number of rotatable bonds is 3. The van der Waals surface area contributed by atoms with Gasteiger partial charge in [-0.25, -0.2) is 14.3 Å². The molecule has 3 heterocycles. The number of hydrogen-bond acceptors (Lipinski definition) is 5. The van der Waals surface area contributed by atoms with E-state index in [-0.39, 0.29) is 11.9 Å². The van der Waals surface area contributed by atoms with Gasteiger partial charge in [0.15, 0.2) is 0 Å². The molecule has 1 aliphatic rings. The fraction of sp³-hybridized carbons (Fsp3) is 0.571. The lowest BCUT2D eigenvalue weighted by molar-refractivity contribution is 0.0668. The van der Waals surface area contributed by atoms with E-state index in [1.54, 1.807) is 25.2 Å². The van der Waals surface area contributed by atoms with E-state index in [4.69, 9.17) is 4.74 Å². The van der Waals surface area contributed by atoms with Crippen LogP contribution in [0.3, 0.4) is 0 Å². The van der Waals surface area contributed by atoms with Crippen LogP contribution in [-0.2, 0) is 7.05 Å². The molecule has 1 aliphatic heterocycles. The Kier molecular flexibility index (Phi) is 3.82. The minimum atomic E-state index is -0.0349. The van der Waals surface area contributed by atoms with Crippen molar-refractivity contribution in [2.24, 2.45) is 7.05 Å². The van der Waals surface area contributed by atoms with E-state index in [2.05, 4.69) is 15.2 Å². The number of hydrogen-bond donors (Lipinski definition) is 0. The third-order valence-corrected chi connectivity index (χ3v) is 4.07. The molecular formula is C14H20N6O2. The van der Waals surface area contributed by atoms with Crippen LogP contribution in [0, 0.1) is 6.92 Å². The highest BCUT2D eigenvalue weighted by molar-refractivity contribution is 5.97. The van der Waals surface area contributed by atoms with Crippen LogP contribution in [-0.4, -0.2) is 55.6 Å². The maximum atomic E-state index is 12.9. The van der Waals surface area contributed by atoms with E-state index in [9.17, 15) is 4.79 Å². The van der Waals surface area contributed by atoms with Gasteiger partial charge in [-0.05, 0) is 19.8 Å². The fourth-order valence-corrected chi connectivity index (χ4v) is 3.04. The van der Waals surface area contributed by atoms with Crippen molar-refractivity contribution < 1.29 is 9.53 Å². The van der Waals surface area contributed by atoms with Crippen LogP contribution in [0.2, 0.25) is 0 Å². The van der Waals surface area contributed by atoms with Crippen LogP contribution >= 0.6 is 0 Å². The molecule has 0 saturated carbocycles. The number of carbonyl (C=O) groups is 1. The summed E-state index contributed by atoms with van der Waals surface area (Å²) in [6.07, 6.45) is 5.16. The zero-order valence-corrected chi connectivity index (χ0v) is 13.1. The van der Waals surface area contributed by atoms with Crippen LogP contribution in [0.25, 0.3) is 0 Å². The molecule has 1 saturated heterocycles. The van der Waals surface area contributed by atoms with Gasteiger partial charge in [-0.3, -0.25) is 4.79 Å². The number of carbonyl (C=O) groups excluding carboxylic acids is 1. The smallest absolute Gasteiger partial charge is 0.261 e. The monoisotopic (exact) mass is 304 g/mol. The molecule has 0 bridgehead atoms. The van der Waals surface area contributed by atoms with Gasteiger partial charge in [0, 0.05) is 20.1 Å². The topological polar surface area (TPSA) is 78.1 Å². The first kappa shape index (κ1) is 14.6. The fourth-order valence-electron chi connectivity index (χ4n) is 3.04. The summed E-state index contributed by atoms with van der Waals surface area (Å²) >= 11 is 0. The molecule has 0 N–H and O–H groups in total. The number of aryl methyl sites for hydroxylation is 2. The molecule has 8 heteroatoms. The summed E-state index contributed by atoms with van der Waals surface area (Å²) in [5.74, 6) is 0.470. The standard InChI is InChI=1S/C14H20N6O2/c1-10-12(14(22-3)18(2)17-10)13(21)19-6-4-5-11(7-19)20-9-15-8-16-20/h8-9,11H,4-7H2,1-3H3/t11-/m0/s1. The Morgan fingerprint density at radius 2 is 2.27 bits per heavy atom. The third kappa shape index (κ3) is 2.44. The number of nitrogens with zero attached hydrogens (tertiary/aromatic N) is 6. The lowest BCUT2D eigenvalue weighted by Crippen LogP contribution is -2.41. The Hall–Kier alpha value is -2.38. The average Bonchev–Trinajstić information content (AvgIpc) is 3.14. The molecular weight excluding hydrogens is 284 g/mol. The summed E-state index contributed by atoms with van der Waals surface area (Å²) in [7, 11) is 3.33. The van der Waals surface area contributed by atoms with Crippen molar-refractivity contribution in [1.82, 2.24) is 29.4 Å². The highest BCUT2D eigenvalue weighted by Crippen LogP contribution is 2.26. The molecule has 22 heavy (non-hydrogen) atoms. The molecule has 0 spiro atoms. The first-order valence-electron chi connectivity index (χ1n) is 7.32. The summed E-state index contributed by atoms with van der Waals surface area (Å²) in [5.41, 5.74) is 1.23. The molecule has 2 aromatic heterocycles. The zero-order valence-electron chi connectivity index (χ0n) is 13.1. The molecule has 8 nitrogen and oxygen atoms in total. The maximum absolute atomic E-state index is 12.9.